The molecule has 2 aliphatic rings. The van der Waals surface area contributed by atoms with Gasteiger partial charge in [-0.15, -0.1) is 0 Å². The highest BCUT2D eigenvalue weighted by molar-refractivity contribution is 5.95. The summed E-state index contributed by atoms with van der Waals surface area (Å²) in [5.74, 6) is -0.344. The number of rotatable bonds is 3. The van der Waals surface area contributed by atoms with E-state index in [9.17, 15) is 9.59 Å². The van der Waals surface area contributed by atoms with Gasteiger partial charge in [0.25, 0.3) is 0 Å². The van der Waals surface area contributed by atoms with Crippen LogP contribution in [0.1, 0.15) is 12.8 Å². The zero-order valence-corrected chi connectivity index (χ0v) is 15.6. The van der Waals surface area contributed by atoms with Crippen molar-refractivity contribution in [3.05, 3.63) is 54.9 Å². The third-order valence-electron chi connectivity index (χ3n) is 5.69. The van der Waals surface area contributed by atoms with E-state index in [-0.39, 0.29) is 23.3 Å². The van der Waals surface area contributed by atoms with Crippen LogP contribution in [0.2, 0.25) is 0 Å². The highest BCUT2D eigenvalue weighted by Gasteiger charge is 2.51. The van der Waals surface area contributed by atoms with E-state index in [2.05, 4.69) is 15.6 Å². The Balaban J connectivity index is 1.50. The van der Waals surface area contributed by atoms with Gasteiger partial charge in [0, 0.05) is 43.6 Å². The number of nitrogens with one attached hydrogen (secondary N) is 2. The summed E-state index contributed by atoms with van der Waals surface area (Å²) in [6.45, 7) is 2.18. The molecule has 0 bridgehead atoms. The maximum absolute atomic E-state index is 13.1. The molecule has 0 aliphatic carbocycles. The summed E-state index contributed by atoms with van der Waals surface area (Å²) in [7, 11) is 0. The lowest BCUT2D eigenvalue weighted by atomic mass is 9.71. The number of ether oxygens (including phenoxy) is 1. The van der Waals surface area contributed by atoms with Gasteiger partial charge in [-0.3, -0.25) is 9.78 Å². The molecule has 0 radical (unpaired) electrons. The van der Waals surface area contributed by atoms with Crippen LogP contribution in [0.3, 0.4) is 0 Å². The van der Waals surface area contributed by atoms with Crippen molar-refractivity contribution in [1.29, 1.82) is 0 Å². The number of hydrogen-bond acceptors (Lipinski definition) is 4. The predicted octanol–water partition coefficient (Wildman–Crippen LogP) is 2.98. The quantitative estimate of drug-likeness (QED) is 0.857. The van der Waals surface area contributed by atoms with Gasteiger partial charge in [0.05, 0.1) is 17.8 Å². The zero-order valence-electron chi connectivity index (χ0n) is 15.6. The number of hydrogen-bond donors (Lipinski definition) is 2. The molecule has 3 heterocycles. The van der Waals surface area contributed by atoms with E-state index in [4.69, 9.17) is 4.74 Å². The van der Waals surface area contributed by atoms with Gasteiger partial charge in [0.15, 0.2) is 0 Å². The first-order valence-electron chi connectivity index (χ1n) is 9.56. The Morgan fingerprint density at radius 1 is 1.04 bits per heavy atom. The maximum Gasteiger partial charge on any atom is 0.321 e. The highest BCUT2D eigenvalue weighted by atomic mass is 16.5. The Morgan fingerprint density at radius 2 is 1.79 bits per heavy atom. The molecule has 28 heavy (non-hydrogen) atoms. The Hall–Kier alpha value is -2.93. The van der Waals surface area contributed by atoms with E-state index >= 15 is 0 Å². The SMILES string of the molecule is O=C(Nc1cccnc1)[C@@H]1CN(C(=O)Nc2ccccc2)CC12CCOCC2. The maximum atomic E-state index is 13.1. The normalized spacial score (nSPS) is 20.7. The molecule has 1 atom stereocenters. The first-order chi connectivity index (χ1) is 13.7. The fourth-order valence-corrected chi connectivity index (χ4v) is 4.16. The van der Waals surface area contributed by atoms with Gasteiger partial charge in [0.2, 0.25) is 5.91 Å². The van der Waals surface area contributed by atoms with Crippen LogP contribution >= 0.6 is 0 Å². The number of urea groups is 1. The molecule has 2 aliphatic heterocycles. The Bertz CT molecular complexity index is 822. The lowest BCUT2D eigenvalue weighted by Gasteiger charge is -2.37. The van der Waals surface area contributed by atoms with Gasteiger partial charge in [0.1, 0.15) is 0 Å². The molecule has 0 saturated carbocycles. The topological polar surface area (TPSA) is 83.6 Å². The lowest BCUT2D eigenvalue weighted by Crippen LogP contribution is -2.42. The van der Waals surface area contributed by atoms with Crippen molar-refractivity contribution in [2.24, 2.45) is 11.3 Å². The fourth-order valence-electron chi connectivity index (χ4n) is 4.16. The van der Waals surface area contributed by atoms with Crippen molar-refractivity contribution in [1.82, 2.24) is 9.88 Å². The summed E-state index contributed by atoms with van der Waals surface area (Å²) in [4.78, 5) is 31.7. The summed E-state index contributed by atoms with van der Waals surface area (Å²) in [5, 5.41) is 5.89. The molecule has 2 saturated heterocycles. The van der Waals surface area contributed by atoms with Gasteiger partial charge < -0.3 is 20.3 Å². The van der Waals surface area contributed by atoms with Crippen molar-refractivity contribution in [3.63, 3.8) is 0 Å². The van der Waals surface area contributed by atoms with Crippen LogP contribution in [0, 0.1) is 11.3 Å². The number of nitrogens with zero attached hydrogens (tertiary/aromatic N) is 2. The molecule has 1 aromatic heterocycles. The van der Waals surface area contributed by atoms with Gasteiger partial charge in [-0.25, -0.2) is 4.79 Å². The smallest absolute Gasteiger partial charge is 0.321 e. The zero-order chi connectivity index (χ0) is 19.4. The second kappa shape index (κ2) is 7.98. The number of carbonyl (C=O) groups is 2. The van der Waals surface area contributed by atoms with E-state index in [1.54, 1.807) is 23.4 Å². The molecule has 2 aromatic rings. The number of aromatic nitrogens is 1. The second-order valence-corrected chi connectivity index (χ2v) is 7.43. The second-order valence-electron chi connectivity index (χ2n) is 7.43. The molecule has 7 heteroatoms. The van der Waals surface area contributed by atoms with Crippen LogP contribution in [0.25, 0.3) is 0 Å². The van der Waals surface area contributed by atoms with E-state index in [1.807, 2.05) is 36.4 Å². The fraction of sp³-hybridized carbons (Fsp3) is 0.381. The average molecular weight is 380 g/mol. The molecule has 0 unspecified atom stereocenters. The number of benzene rings is 1. The Labute approximate surface area is 164 Å². The van der Waals surface area contributed by atoms with E-state index in [1.165, 1.54) is 0 Å². The molecular weight excluding hydrogens is 356 g/mol. The predicted molar refractivity (Wildman–Crippen MR) is 106 cm³/mol. The highest BCUT2D eigenvalue weighted by Crippen LogP contribution is 2.44. The average Bonchev–Trinajstić information content (AvgIpc) is 3.09. The van der Waals surface area contributed by atoms with Crippen LogP contribution in [0.5, 0.6) is 0 Å². The number of amides is 3. The molecule has 3 amide bonds. The van der Waals surface area contributed by atoms with Gasteiger partial charge in [-0.2, -0.15) is 0 Å². The summed E-state index contributed by atoms with van der Waals surface area (Å²) in [6, 6.07) is 12.8. The van der Waals surface area contributed by atoms with Gasteiger partial charge >= 0.3 is 6.03 Å². The van der Waals surface area contributed by atoms with Crippen LogP contribution < -0.4 is 10.6 Å². The van der Waals surface area contributed by atoms with E-state index in [0.29, 0.717) is 32.0 Å². The Kier molecular flexibility index (Phi) is 5.25. The summed E-state index contributed by atoms with van der Waals surface area (Å²) < 4.78 is 5.53. The first-order valence-corrected chi connectivity index (χ1v) is 9.56. The number of para-hydroxylation sites is 1. The number of carbonyl (C=O) groups excluding carboxylic acids is 2. The van der Waals surface area contributed by atoms with Crippen molar-refractivity contribution in [2.75, 3.05) is 36.9 Å². The molecule has 1 aromatic carbocycles. The minimum absolute atomic E-state index is 0.0649. The number of anilines is 2. The molecule has 7 nitrogen and oxygen atoms in total. The molecular formula is C21H24N4O3. The third-order valence-corrected chi connectivity index (χ3v) is 5.69. The molecule has 146 valence electrons. The van der Waals surface area contributed by atoms with Crippen LogP contribution in [0.15, 0.2) is 54.9 Å². The largest absolute Gasteiger partial charge is 0.381 e. The molecule has 2 fully saturated rings. The minimum atomic E-state index is -0.280. The van der Waals surface area contributed by atoms with Crippen molar-refractivity contribution < 1.29 is 14.3 Å². The van der Waals surface area contributed by atoms with Gasteiger partial charge in [-0.05, 0) is 37.1 Å². The lowest BCUT2D eigenvalue weighted by molar-refractivity contribution is -0.124. The molecule has 2 N–H and O–H groups in total. The monoisotopic (exact) mass is 380 g/mol. The van der Waals surface area contributed by atoms with Gasteiger partial charge in [-0.1, -0.05) is 18.2 Å². The van der Waals surface area contributed by atoms with Crippen molar-refractivity contribution in [3.8, 4) is 0 Å². The molecule has 1 spiro atoms. The van der Waals surface area contributed by atoms with E-state index < -0.39 is 0 Å². The Morgan fingerprint density at radius 3 is 2.50 bits per heavy atom. The van der Waals surface area contributed by atoms with Crippen molar-refractivity contribution in [2.45, 2.75) is 12.8 Å². The van der Waals surface area contributed by atoms with Crippen molar-refractivity contribution >= 4 is 23.3 Å². The van der Waals surface area contributed by atoms with Crippen LogP contribution in [-0.4, -0.2) is 48.1 Å². The van der Waals surface area contributed by atoms with Crippen LogP contribution in [-0.2, 0) is 9.53 Å². The third kappa shape index (κ3) is 3.84. The summed E-state index contributed by atoms with van der Waals surface area (Å²) in [6.07, 6.45) is 4.84. The number of pyridine rings is 1. The van der Waals surface area contributed by atoms with E-state index in [0.717, 1.165) is 18.5 Å². The standard InChI is InChI=1S/C21H24N4O3/c26-19(23-17-7-4-10-22-13-17)18-14-25(15-21(18)8-11-28-12-9-21)20(27)24-16-5-2-1-3-6-16/h1-7,10,13,18H,8-9,11-12,14-15H2,(H,23,26)(H,24,27)/t18-/m0/s1. The first kappa shape index (κ1) is 18.4. The summed E-state index contributed by atoms with van der Waals surface area (Å²) >= 11 is 0. The van der Waals surface area contributed by atoms with Crippen LogP contribution in [0.4, 0.5) is 16.2 Å². The summed E-state index contributed by atoms with van der Waals surface area (Å²) in [5.41, 5.74) is 1.16. The minimum Gasteiger partial charge on any atom is -0.381 e. The number of likely N-dealkylation sites (tertiary alicyclic amines) is 1. The molecule has 4 rings (SSSR count).